The van der Waals surface area contributed by atoms with Gasteiger partial charge in [0.1, 0.15) is 5.75 Å². The van der Waals surface area contributed by atoms with Crippen LogP contribution in [0.1, 0.15) is 11.1 Å². The molecule has 0 aliphatic rings. The van der Waals surface area contributed by atoms with E-state index in [4.69, 9.17) is 4.74 Å². The van der Waals surface area contributed by atoms with Crippen LogP contribution in [0.4, 0.5) is 5.13 Å². The Kier molecular flexibility index (Phi) is 4.78. The Morgan fingerprint density at radius 3 is 2.40 bits per heavy atom. The lowest BCUT2D eigenvalue weighted by Gasteiger charge is -2.20. The van der Waals surface area contributed by atoms with Crippen molar-refractivity contribution >= 4 is 52.6 Å². The smallest absolute Gasteiger partial charge is 0.266 e. The number of para-hydroxylation sites is 1. The van der Waals surface area contributed by atoms with Crippen molar-refractivity contribution in [3.63, 3.8) is 0 Å². The number of halogens is 1. The topological polar surface area (TPSA) is 59.5 Å². The van der Waals surface area contributed by atoms with Gasteiger partial charge >= 0.3 is 0 Å². The summed E-state index contributed by atoms with van der Waals surface area (Å²) in [6.45, 7) is 3.54. The minimum atomic E-state index is -3.73. The summed E-state index contributed by atoms with van der Waals surface area (Å²) in [6, 6.07) is 9.16. The maximum atomic E-state index is 13.2. The van der Waals surface area contributed by atoms with Crippen molar-refractivity contribution in [3.8, 4) is 5.75 Å². The molecule has 5 nitrogen and oxygen atoms in total. The number of hydrogen-bond acceptors (Lipinski definition) is 5. The number of rotatable bonds is 4. The highest BCUT2D eigenvalue weighted by atomic mass is 79.9. The molecule has 132 valence electrons. The molecule has 1 heterocycles. The van der Waals surface area contributed by atoms with E-state index in [1.54, 1.807) is 33.1 Å². The van der Waals surface area contributed by atoms with Crippen molar-refractivity contribution in [1.29, 1.82) is 0 Å². The zero-order chi connectivity index (χ0) is 18.4. The first kappa shape index (κ1) is 18.2. The fourth-order valence-corrected chi connectivity index (χ4v) is 6.02. The third-order valence-electron chi connectivity index (χ3n) is 3.92. The van der Waals surface area contributed by atoms with Gasteiger partial charge in [-0.1, -0.05) is 17.4 Å². The van der Waals surface area contributed by atoms with Crippen LogP contribution < -0.4 is 9.04 Å². The van der Waals surface area contributed by atoms with E-state index >= 15 is 0 Å². The Morgan fingerprint density at radius 2 is 1.84 bits per heavy atom. The van der Waals surface area contributed by atoms with Gasteiger partial charge in [0.15, 0.2) is 5.13 Å². The van der Waals surface area contributed by atoms with Gasteiger partial charge in [0.2, 0.25) is 0 Å². The molecular weight excluding hydrogens is 424 g/mol. The largest absolute Gasteiger partial charge is 0.497 e. The third kappa shape index (κ3) is 3.14. The molecule has 3 aromatic rings. The average Bonchev–Trinajstić information content (AvgIpc) is 2.98. The third-order valence-corrected chi connectivity index (χ3v) is 7.82. The lowest BCUT2D eigenvalue weighted by Crippen LogP contribution is -2.27. The van der Waals surface area contributed by atoms with E-state index in [0.717, 1.165) is 14.7 Å². The molecule has 0 amide bonds. The van der Waals surface area contributed by atoms with Gasteiger partial charge in [-0.25, -0.2) is 17.7 Å². The first-order valence-electron chi connectivity index (χ1n) is 7.45. The van der Waals surface area contributed by atoms with Crippen LogP contribution >= 0.6 is 27.3 Å². The molecule has 0 bridgehead atoms. The van der Waals surface area contributed by atoms with Gasteiger partial charge < -0.3 is 4.74 Å². The zero-order valence-electron chi connectivity index (χ0n) is 14.2. The van der Waals surface area contributed by atoms with E-state index in [2.05, 4.69) is 20.9 Å². The molecule has 1 aromatic heterocycles. The highest BCUT2D eigenvalue weighted by Crippen LogP contribution is 2.36. The number of ether oxygens (including phenoxy) is 1. The summed E-state index contributed by atoms with van der Waals surface area (Å²) in [5.41, 5.74) is 2.05. The van der Waals surface area contributed by atoms with Gasteiger partial charge in [0.05, 0.1) is 22.2 Å². The summed E-state index contributed by atoms with van der Waals surface area (Å²) in [6.07, 6.45) is 0. The Balaban J connectivity index is 2.12. The molecule has 0 saturated heterocycles. The van der Waals surface area contributed by atoms with Gasteiger partial charge in [-0.2, -0.15) is 0 Å². The lowest BCUT2D eigenvalue weighted by atomic mass is 10.1. The SMILES string of the molecule is COc1cc(C)c(S(=O)(=O)N(C)c2nc3c(Br)cccc3s2)c(C)c1. The number of hydrogen-bond donors (Lipinski definition) is 0. The van der Waals surface area contributed by atoms with Crippen LogP contribution in [0.5, 0.6) is 5.75 Å². The second-order valence-corrected chi connectivity index (χ2v) is 9.42. The number of thiazole rings is 1. The van der Waals surface area contributed by atoms with E-state index in [0.29, 0.717) is 22.0 Å². The molecule has 0 aliphatic carbocycles. The van der Waals surface area contributed by atoms with E-state index in [1.165, 1.54) is 22.7 Å². The first-order chi connectivity index (χ1) is 11.8. The van der Waals surface area contributed by atoms with Crippen LogP contribution in [0.15, 0.2) is 39.7 Å². The zero-order valence-corrected chi connectivity index (χ0v) is 17.4. The molecule has 0 fully saturated rings. The number of fused-ring (bicyclic) bond motifs is 1. The molecule has 0 radical (unpaired) electrons. The predicted octanol–water partition coefficient (Wildman–Crippen LogP) is 4.51. The Labute approximate surface area is 159 Å². The second-order valence-electron chi connectivity index (χ2n) is 5.65. The molecule has 0 saturated carbocycles. The van der Waals surface area contributed by atoms with Crippen molar-refractivity contribution < 1.29 is 13.2 Å². The van der Waals surface area contributed by atoms with Crippen molar-refractivity contribution in [3.05, 3.63) is 45.9 Å². The first-order valence-corrected chi connectivity index (χ1v) is 10.5. The molecule has 0 N–H and O–H groups in total. The highest BCUT2D eigenvalue weighted by molar-refractivity contribution is 9.10. The molecule has 0 atom stereocenters. The molecule has 0 aliphatic heterocycles. The average molecular weight is 441 g/mol. The predicted molar refractivity (Wildman–Crippen MR) is 105 cm³/mol. The summed E-state index contributed by atoms with van der Waals surface area (Å²) in [7, 11) is -0.634. The quantitative estimate of drug-likeness (QED) is 0.598. The standard InChI is InChI=1S/C17H17BrN2O3S2/c1-10-8-12(23-4)9-11(2)16(10)25(21,22)20(3)17-19-15-13(18)6-5-7-14(15)24-17/h5-9H,1-4H3. The minimum absolute atomic E-state index is 0.286. The fourth-order valence-electron chi connectivity index (χ4n) is 2.71. The fraction of sp³-hybridized carbons (Fsp3) is 0.235. The number of nitrogens with zero attached hydrogens (tertiary/aromatic N) is 2. The van der Waals surface area contributed by atoms with Crippen molar-refractivity contribution in [2.24, 2.45) is 0 Å². The van der Waals surface area contributed by atoms with E-state index in [9.17, 15) is 8.42 Å². The normalized spacial score (nSPS) is 11.7. The molecule has 3 rings (SSSR count). The van der Waals surface area contributed by atoms with Crippen molar-refractivity contribution in [2.45, 2.75) is 18.7 Å². The van der Waals surface area contributed by atoms with Gasteiger partial charge in [0, 0.05) is 11.5 Å². The summed E-state index contributed by atoms with van der Waals surface area (Å²) >= 11 is 4.80. The van der Waals surface area contributed by atoms with Gasteiger partial charge in [0.25, 0.3) is 10.0 Å². The van der Waals surface area contributed by atoms with E-state index in [1.807, 2.05) is 18.2 Å². The van der Waals surface area contributed by atoms with E-state index < -0.39 is 10.0 Å². The van der Waals surface area contributed by atoms with Crippen LogP contribution in [-0.4, -0.2) is 27.6 Å². The number of aryl methyl sites for hydroxylation is 2. The van der Waals surface area contributed by atoms with Crippen LogP contribution in [0.3, 0.4) is 0 Å². The number of sulfonamides is 1. The van der Waals surface area contributed by atoms with Crippen molar-refractivity contribution in [2.75, 3.05) is 18.5 Å². The van der Waals surface area contributed by atoms with Crippen LogP contribution in [0, 0.1) is 13.8 Å². The molecule has 2 aromatic carbocycles. The van der Waals surface area contributed by atoms with E-state index in [-0.39, 0.29) is 4.90 Å². The van der Waals surface area contributed by atoms with Crippen LogP contribution in [0.25, 0.3) is 10.2 Å². The molecule has 0 unspecified atom stereocenters. The Hall–Kier alpha value is -1.64. The second kappa shape index (κ2) is 6.59. The Bertz CT molecular complexity index is 1040. The maximum Gasteiger partial charge on any atom is 0.266 e. The summed E-state index contributed by atoms with van der Waals surface area (Å²) in [5.74, 6) is 0.639. The van der Waals surface area contributed by atoms with Crippen LogP contribution in [0.2, 0.25) is 0 Å². The molecule has 0 spiro atoms. The lowest BCUT2D eigenvalue weighted by molar-refractivity contribution is 0.413. The number of anilines is 1. The Morgan fingerprint density at radius 1 is 1.20 bits per heavy atom. The minimum Gasteiger partial charge on any atom is -0.497 e. The number of benzene rings is 2. The maximum absolute atomic E-state index is 13.2. The number of aromatic nitrogens is 1. The molecular formula is C17H17BrN2O3S2. The van der Waals surface area contributed by atoms with Crippen molar-refractivity contribution in [1.82, 2.24) is 4.98 Å². The summed E-state index contributed by atoms with van der Waals surface area (Å²) < 4.78 is 34.6. The van der Waals surface area contributed by atoms with Crippen LogP contribution in [-0.2, 0) is 10.0 Å². The molecule has 25 heavy (non-hydrogen) atoms. The van der Waals surface area contributed by atoms with Gasteiger partial charge in [-0.3, -0.25) is 0 Å². The summed E-state index contributed by atoms with van der Waals surface area (Å²) in [5, 5.41) is 0.427. The van der Waals surface area contributed by atoms with Gasteiger partial charge in [-0.15, -0.1) is 0 Å². The summed E-state index contributed by atoms with van der Waals surface area (Å²) in [4.78, 5) is 4.78. The van der Waals surface area contributed by atoms with Gasteiger partial charge in [-0.05, 0) is 65.2 Å². The number of methoxy groups -OCH3 is 1. The monoisotopic (exact) mass is 440 g/mol. The molecule has 8 heteroatoms. The highest BCUT2D eigenvalue weighted by Gasteiger charge is 2.28.